The quantitative estimate of drug-likeness (QED) is 0.648. The molecule has 1 aliphatic rings. The van der Waals surface area contributed by atoms with E-state index in [1.54, 1.807) is 6.20 Å². The molecule has 3 aromatic heterocycles. The average Bonchev–Trinajstić information content (AvgIpc) is 3.24. The summed E-state index contributed by atoms with van der Waals surface area (Å²) in [6, 6.07) is 10.0. The van der Waals surface area contributed by atoms with Gasteiger partial charge in [0, 0.05) is 41.5 Å². The fraction of sp³-hybridized carbons (Fsp3) is 0.435. The lowest BCUT2D eigenvalue weighted by molar-refractivity contribution is -0.117. The number of anilines is 1. The molecule has 1 atom stereocenters. The molecule has 1 fully saturated rings. The van der Waals surface area contributed by atoms with Crippen LogP contribution in [-0.2, 0) is 10.2 Å². The number of aromatic nitrogens is 4. The van der Waals surface area contributed by atoms with Gasteiger partial charge >= 0.3 is 0 Å². The molecule has 31 heavy (non-hydrogen) atoms. The molecule has 4 rings (SSSR count). The van der Waals surface area contributed by atoms with Crippen molar-refractivity contribution in [3.63, 3.8) is 0 Å². The number of carbonyl (C=O) groups is 1. The van der Waals surface area contributed by atoms with Crippen LogP contribution in [0.5, 0.6) is 0 Å². The average molecular weight is 437 g/mol. The first-order chi connectivity index (χ1) is 14.9. The van der Waals surface area contributed by atoms with Gasteiger partial charge in [-0.05, 0) is 43.7 Å². The van der Waals surface area contributed by atoms with Crippen molar-refractivity contribution in [3.8, 4) is 11.3 Å². The minimum Gasteiger partial charge on any atom is -0.299 e. The Labute approximate surface area is 187 Å². The van der Waals surface area contributed by atoms with Gasteiger partial charge in [0.05, 0.1) is 12.2 Å². The van der Waals surface area contributed by atoms with Crippen LogP contribution in [0.15, 0.2) is 42.7 Å². The van der Waals surface area contributed by atoms with Gasteiger partial charge in [-0.25, -0.2) is 0 Å². The molecule has 162 valence electrons. The minimum absolute atomic E-state index is 0.0456. The third-order valence-corrected chi connectivity index (χ3v) is 6.62. The van der Waals surface area contributed by atoms with Crippen LogP contribution >= 0.6 is 11.3 Å². The second-order valence-electron chi connectivity index (χ2n) is 8.97. The lowest BCUT2D eigenvalue weighted by Crippen LogP contribution is -2.40. The second-order valence-corrected chi connectivity index (χ2v) is 9.95. The molecule has 4 heterocycles. The molecule has 0 aliphatic carbocycles. The van der Waals surface area contributed by atoms with Crippen molar-refractivity contribution in [1.82, 2.24) is 25.1 Å². The van der Waals surface area contributed by atoms with Crippen molar-refractivity contribution in [2.75, 3.05) is 25.0 Å². The highest BCUT2D eigenvalue weighted by Crippen LogP contribution is 2.29. The molecule has 0 bridgehead atoms. The van der Waals surface area contributed by atoms with E-state index in [4.69, 9.17) is 4.98 Å². The molecule has 1 N–H and O–H groups in total. The van der Waals surface area contributed by atoms with Crippen LogP contribution in [0.25, 0.3) is 11.3 Å². The summed E-state index contributed by atoms with van der Waals surface area (Å²) in [5.74, 6) is 0.282. The fourth-order valence-corrected chi connectivity index (χ4v) is 4.53. The number of hydrogen-bond donors (Lipinski definition) is 1. The van der Waals surface area contributed by atoms with Gasteiger partial charge in [0.2, 0.25) is 11.0 Å². The number of nitrogens with zero attached hydrogens (tertiary/aromatic N) is 5. The van der Waals surface area contributed by atoms with Gasteiger partial charge in [-0.15, -0.1) is 10.2 Å². The molecule has 7 nitrogen and oxygen atoms in total. The molecule has 1 aliphatic heterocycles. The van der Waals surface area contributed by atoms with E-state index in [1.807, 2.05) is 24.4 Å². The molecule has 1 saturated heterocycles. The van der Waals surface area contributed by atoms with E-state index in [1.165, 1.54) is 11.3 Å². The first-order valence-electron chi connectivity index (χ1n) is 10.6. The highest BCUT2D eigenvalue weighted by molar-refractivity contribution is 7.15. The Morgan fingerprint density at radius 2 is 2.06 bits per heavy atom. The largest absolute Gasteiger partial charge is 0.299 e. The number of pyridine rings is 2. The molecule has 1 unspecified atom stereocenters. The van der Waals surface area contributed by atoms with E-state index in [2.05, 4.69) is 58.3 Å². The predicted octanol–water partition coefficient (Wildman–Crippen LogP) is 4.11. The van der Waals surface area contributed by atoms with E-state index in [0.29, 0.717) is 17.6 Å². The summed E-state index contributed by atoms with van der Waals surface area (Å²) in [6.45, 7) is 8.36. The van der Waals surface area contributed by atoms with E-state index in [0.717, 1.165) is 47.9 Å². The number of likely N-dealkylation sites (tertiary alicyclic amines) is 1. The summed E-state index contributed by atoms with van der Waals surface area (Å²) >= 11 is 1.44. The van der Waals surface area contributed by atoms with Crippen LogP contribution in [0, 0.1) is 0 Å². The van der Waals surface area contributed by atoms with Gasteiger partial charge in [-0.1, -0.05) is 38.2 Å². The number of rotatable bonds is 5. The summed E-state index contributed by atoms with van der Waals surface area (Å²) in [5, 5.41) is 12.7. The lowest BCUT2D eigenvalue weighted by Gasteiger charge is -2.31. The molecule has 8 heteroatoms. The summed E-state index contributed by atoms with van der Waals surface area (Å²) in [5.41, 5.74) is 2.95. The zero-order valence-electron chi connectivity index (χ0n) is 18.2. The van der Waals surface area contributed by atoms with Crippen LogP contribution < -0.4 is 5.32 Å². The zero-order valence-corrected chi connectivity index (χ0v) is 19.0. The van der Waals surface area contributed by atoms with Gasteiger partial charge in [0.1, 0.15) is 5.01 Å². The maximum atomic E-state index is 12.5. The van der Waals surface area contributed by atoms with Crippen molar-refractivity contribution in [1.29, 1.82) is 0 Å². The van der Waals surface area contributed by atoms with Crippen LogP contribution in [0.3, 0.4) is 0 Å². The Kier molecular flexibility index (Phi) is 6.38. The van der Waals surface area contributed by atoms with Crippen LogP contribution in [0.2, 0.25) is 0 Å². The van der Waals surface area contributed by atoms with E-state index >= 15 is 0 Å². The van der Waals surface area contributed by atoms with Crippen molar-refractivity contribution in [2.24, 2.45) is 0 Å². The van der Waals surface area contributed by atoms with E-state index in [9.17, 15) is 4.79 Å². The third-order valence-electron chi connectivity index (χ3n) is 5.35. The first-order valence-corrected chi connectivity index (χ1v) is 11.4. The van der Waals surface area contributed by atoms with E-state index < -0.39 is 0 Å². The Bertz CT molecular complexity index is 1010. The minimum atomic E-state index is -0.0696. The smallest absolute Gasteiger partial charge is 0.240 e. The van der Waals surface area contributed by atoms with Crippen molar-refractivity contribution in [2.45, 2.75) is 44.9 Å². The fourth-order valence-electron chi connectivity index (χ4n) is 3.71. The maximum Gasteiger partial charge on any atom is 0.240 e. The van der Waals surface area contributed by atoms with E-state index in [-0.39, 0.29) is 11.3 Å². The molecule has 0 spiro atoms. The number of piperidine rings is 1. The predicted molar refractivity (Wildman–Crippen MR) is 123 cm³/mol. The monoisotopic (exact) mass is 436 g/mol. The van der Waals surface area contributed by atoms with Gasteiger partial charge in [0.15, 0.2) is 0 Å². The summed E-state index contributed by atoms with van der Waals surface area (Å²) < 4.78 is 0. The number of nitrogens with one attached hydrogen (secondary N) is 1. The van der Waals surface area contributed by atoms with Crippen molar-refractivity contribution >= 4 is 22.4 Å². The van der Waals surface area contributed by atoms with Crippen LogP contribution in [-0.4, -0.2) is 50.6 Å². The molecule has 3 aromatic rings. The Morgan fingerprint density at radius 1 is 1.19 bits per heavy atom. The van der Waals surface area contributed by atoms with Gasteiger partial charge in [-0.3, -0.25) is 25.0 Å². The summed E-state index contributed by atoms with van der Waals surface area (Å²) in [7, 11) is 0. The molecular formula is C23H28N6OS. The highest BCUT2D eigenvalue weighted by Gasteiger charge is 2.25. The third kappa shape index (κ3) is 5.51. The van der Waals surface area contributed by atoms with Gasteiger partial charge in [-0.2, -0.15) is 0 Å². The molecular weight excluding hydrogens is 408 g/mol. The second kappa shape index (κ2) is 9.20. The Morgan fingerprint density at radius 3 is 2.74 bits per heavy atom. The number of amides is 1. The standard InChI is InChI=1S/C23H28N6OS/c1-23(2,3)21-27-28-22(31-21)26-20(30)15-29-12-6-7-17(14-29)19-10-9-16(13-25-19)18-8-4-5-11-24-18/h4-5,8-11,13,17H,6-7,12,14-15H2,1-3H3,(H,26,28,30). The Balaban J connectivity index is 1.34. The Hall–Kier alpha value is -2.71. The molecule has 0 saturated carbocycles. The lowest BCUT2D eigenvalue weighted by atomic mass is 9.94. The number of hydrogen-bond acceptors (Lipinski definition) is 7. The van der Waals surface area contributed by atoms with Crippen LogP contribution in [0.1, 0.15) is 50.2 Å². The SMILES string of the molecule is CC(C)(C)c1nnc(NC(=O)CN2CCCC(c3ccc(-c4ccccn4)cn3)C2)s1. The van der Waals surface area contributed by atoms with Gasteiger partial charge in [0.25, 0.3) is 0 Å². The first kappa shape index (κ1) is 21.5. The maximum absolute atomic E-state index is 12.5. The number of carbonyl (C=O) groups excluding carboxylic acids is 1. The van der Waals surface area contributed by atoms with Crippen molar-refractivity contribution in [3.05, 3.63) is 53.4 Å². The summed E-state index contributed by atoms with van der Waals surface area (Å²) in [6.07, 6.45) is 5.82. The van der Waals surface area contributed by atoms with Crippen LogP contribution in [0.4, 0.5) is 5.13 Å². The molecule has 0 radical (unpaired) electrons. The molecule has 1 amide bonds. The highest BCUT2D eigenvalue weighted by atomic mass is 32.1. The molecule has 0 aromatic carbocycles. The summed E-state index contributed by atoms with van der Waals surface area (Å²) in [4.78, 5) is 23.8. The zero-order chi connectivity index (χ0) is 21.8. The normalized spacial score (nSPS) is 17.5. The van der Waals surface area contributed by atoms with Gasteiger partial charge < -0.3 is 0 Å². The van der Waals surface area contributed by atoms with Crippen molar-refractivity contribution < 1.29 is 4.79 Å². The topological polar surface area (TPSA) is 83.9 Å².